The van der Waals surface area contributed by atoms with Gasteiger partial charge in [-0.1, -0.05) is 12.8 Å². The summed E-state index contributed by atoms with van der Waals surface area (Å²) >= 11 is 0. The van der Waals surface area contributed by atoms with Crippen molar-refractivity contribution in [2.45, 2.75) is 63.3 Å². The molecule has 2 amide bonds. The quantitative estimate of drug-likeness (QED) is 0.794. The lowest BCUT2D eigenvalue weighted by Crippen LogP contribution is -2.43. The van der Waals surface area contributed by atoms with Gasteiger partial charge in [-0.3, -0.25) is 9.59 Å². The standard InChI is InChI=1S/C15H27N3O2/c16-15(7-2-3-8-15)12-13(19)17-9-6-14(20)18-10-4-1-5-11-18/h1-12,16H2,(H,17,19). The Hall–Kier alpha value is -1.10. The van der Waals surface area contributed by atoms with Gasteiger partial charge in [-0.25, -0.2) is 0 Å². The Kier molecular flexibility index (Phi) is 5.40. The number of likely N-dealkylation sites (tertiary alicyclic amines) is 1. The van der Waals surface area contributed by atoms with E-state index in [4.69, 9.17) is 5.73 Å². The van der Waals surface area contributed by atoms with Crippen molar-refractivity contribution >= 4 is 11.8 Å². The fourth-order valence-corrected chi connectivity index (χ4v) is 3.25. The van der Waals surface area contributed by atoms with Gasteiger partial charge in [0.2, 0.25) is 11.8 Å². The molecule has 3 N–H and O–H groups in total. The number of hydrogen-bond donors (Lipinski definition) is 2. The van der Waals surface area contributed by atoms with E-state index in [9.17, 15) is 9.59 Å². The van der Waals surface area contributed by atoms with Gasteiger partial charge < -0.3 is 16.0 Å². The van der Waals surface area contributed by atoms with E-state index >= 15 is 0 Å². The van der Waals surface area contributed by atoms with Crippen LogP contribution in [0, 0.1) is 0 Å². The van der Waals surface area contributed by atoms with Crippen LogP contribution in [0.2, 0.25) is 0 Å². The molecule has 5 nitrogen and oxygen atoms in total. The molecular formula is C15H27N3O2. The zero-order chi connectivity index (χ0) is 14.4. The van der Waals surface area contributed by atoms with Crippen LogP contribution in [0.25, 0.3) is 0 Å². The van der Waals surface area contributed by atoms with Crippen LogP contribution in [0.4, 0.5) is 0 Å². The van der Waals surface area contributed by atoms with Crippen molar-refractivity contribution < 1.29 is 9.59 Å². The zero-order valence-corrected chi connectivity index (χ0v) is 12.3. The van der Waals surface area contributed by atoms with Crippen LogP contribution >= 0.6 is 0 Å². The van der Waals surface area contributed by atoms with Crippen molar-refractivity contribution in [1.29, 1.82) is 0 Å². The maximum absolute atomic E-state index is 11.9. The highest BCUT2D eigenvalue weighted by molar-refractivity contribution is 5.79. The maximum atomic E-state index is 11.9. The van der Waals surface area contributed by atoms with Crippen molar-refractivity contribution in [3.05, 3.63) is 0 Å². The van der Waals surface area contributed by atoms with Gasteiger partial charge in [0, 0.05) is 38.0 Å². The number of hydrogen-bond acceptors (Lipinski definition) is 3. The van der Waals surface area contributed by atoms with Gasteiger partial charge in [-0.05, 0) is 32.1 Å². The fraction of sp³-hybridized carbons (Fsp3) is 0.867. The molecular weight excluding hydrogens is 254 g/mol. The van der Waals surface area contributed by atoms with Crippen molar-refractivity contribution in [2.75, 3.05) is 19.6 Å². The smallest absolute Gasteiger partial charge is 0.224 e. The molecule has 0 aromatic carbocycles. The molecule has 1 aliphatic carbocycles. The molecule has 1 aliphatic heterocycles. The van der Waals surface area contributed by atoms with Gasteiger partial charge in [0.25, 0.3) is 0 Å². The Morgan fingerprint density at radius 3 is 2.35 bits per heavy atom. The summed E-state index contributed by atoms with van der Waals surface area (Å²) in [6, 6.07) is 0. The molecule has 1 heterocycles. The molecule has 114 valence electrons. The summed E-state index contributed by atoms with van der Waals surface area (Å²) in [4.78, 5) is 25.7. The topological polar surface area (TPSA) is 75.4 Å². The third-order valence-electron chi connectivity index (χ3n) is 4.48. The number of nitrogens with one attached hydrogen (secondary N) is 1. The highest BCUT2D eigenvalue weighted by atomic mass is 16.2. The first-order valence-electron chi connectivity index (χ1n) is 7.92. The number of nitrogens with zero attached hydrogens (tertiary/aromatic N) is 1. The minimum absolute atomic E-state index is 0.0131. The maximum Gasteiger partial charge on any atom is 0.224 e. The third kappa shape index (κ3) is 4.47. The number of carbonyl (C=O) groups excluding carboxylic acids is 2. The number of rotatable bonds is 5. The van der Waals surface area contributed by atoms with Crippen LogP contribution in [0.5, 0.6) is 0 Å². The van der Waals surface area contributed by atoms with Crippen LogP contribution in [-0.4, -0.2) is 41.9 Å². The van der Waals surface area contributed by atoms with Crippen LogP contribution in [0.3, 0.4) is 0 Å². The molecule has 0 aromatic rings. The molecule has 5 heteroatoms. The lowest BCUT2D eigenvalue weighted by molar-refractivity contribution is -0.132. The molecule has 0 radical (unpaired) electrons. The number of nitrogens with two attached hydrogens (primary N) is 1. The molecule has 1 saturated carbocycles. The van der Waals surface area contributed by atoms with Gasteiger partial charge in [0.05, 0.1) is 0 Å². The van der Waals surface area contributed by atoms with Crippen LogP contribution in [0.15, 0.2) is 0 Å². The molecule has 0 spiro atoms. The van der Waals surface area contributed by atoms with E-state index in [0.29, 0.717) is 19.4 Å². The predicted molar refractivity (Wildman–Crippen MR) is 78.1 cm³/mol. The molecule has 0 atom stereocenters. The number of carbonyl (C=O) groups is 2. The van der Waals surface area contributed by atoms with Gasteiger partial charge in [-0.15, -0.1) is 0 Å². The Bertz CT molecular complexity index is 345. The summed E-state index contributed by atoms with van der Waals surface area (Å²) in [7, 11) is 0. The van der Waals surface area contributed by atoms with E-state index in [1.165, 1.54) is 6.42 Å². The van der Waals surface area contributed by atoms with E-state index in [1.54, 1.807) is 0 Å². The third-order valence-corrected chi connectivity index (χ3v) is 4.48. The Morgan fingerprint density at radius 2 is 1.70 bits per heavy atom. The SMILES string of the molecule is NC1(CC(=O)NCCC(=O)N2CCCCC2)CCCC1. The van der Waals surface area contributed by atoms with Gasteiger partial charge in [-0.2, -0.15) is 0 Å². The van der Waals surface area contributed by atoms with Crippen LogP contribution in [0.1, 0.15) is 57.8 Å². The number of piperidine rings is 1. The minimum atomic E-state index is -0.305. The first-order valence-corrected chi connectivity index (χ1v) is 7.92. The van der Waals surface area contributed by atoms with Crippen LogP contribution in [-0.2, 0) is 9.59 Å². The lowest BCUT2D eigenvalue weighted by Gasteiger charge is -2.27. The summed E-state index contributed by atoms with van der Waals surface area (Å²) in [5.41, 5.74) is 5.87. The van der Waals surface area contributed by atoms with E-state index in [2.05, 4.69) is 5.32 Å². The fourth-order valence-electron chi connectivity index (χ4n) is 3.25. The highest BCUT2D eigenvalue weighted by Crippen LogP contribution is 2.29. The van der Waals surface area contributed by atoms with Crippen LogP contribution < -0.4 is 11.1 Å². The summed E-state index contributed by atoms with van der Waals surface area (Å²) in [5.74, 6) is 0.147. The lowest BCUT2D eigenvalue weighted by atomic mass is 9.94. The predicted octanol–water partition coefficient (Wildman–Crippen LogP) is 1.17. The summed E-state index contributed by atoms with van der Waals surface area (Å²) in [5, 5.41) is 2.84. The molecule has 1 saturated heterocycles. The van der Waals surface area contributed by atoms with Crippen molar-refractivity contribution in [2.24, 2.45) is 5.73 Å². The average molecular weight is 281 g/mol. The summed E-state index contributed by atoms with van der Waals surface area (Å²) < 4.78 is 0. The highest BCUT2D eigenvalue weighted by Gasteiger charge is 2.31. The van der Waals surface area contributed by atoms with E-state index in [1.807, 2.05) is 4.90 Å². The van der Waals surface area contributed by atoms with Gasteiger partial charge in [0.1, 0.15) is 0 Å². The van der Waals surface area contributed by atoms with E-state index in [-0.39, 0.29) is 17.4 Å². The second-order valence-electron chi connectivity index (χ2n) is 6.29. The molecule has 20 heavy (non-hydrogen) atoms. The Morgan fingerprint density at radius 1 is 1.05 bits per heavy atom. The molecule has 2 rings (SSSR count). The van der Waals surface area contributed by atoms with Crippen molar-refractivity contribution in [3.8, 4) is 0 Å². The average Bonchev–Trinajstić information content (AvgIpc) is 2.86. The van der Waals surface area contributed by atoms with Crippen molar-refractivity contribution in [1.82, 2.24) is 10.2 Å². The molecule has 2 aliphatic rings. The monoisotopic (exact) mass is 281 g/mol. The second kappa shape index (κ2) is 7.07. The van der Waals surface area contributed by atoms with E-state index in [0.717, 1.165) is 51.6 Å². The molecule has 0 bridgehead atoms. The molecule has 0 aromatic heterocycles. The van der Waals surface area contributed by atoms with Crippen molar-refractivity contribution in [3.63, 3.8) is 0 Å². The van der Waals surface area contributed by atoms with Gasteiger partial charge >= 0.3 is 0 Å². The minimum Gasteiger partial charge on any atom is -0.356 e. The molecule has 2 fully saturated rings. The molecule has 0 unspecified atom stereocenters. The normalized spacial score (nSPS) is 21.8. The summed E-state index contributed by atoms with van der Waals surface area (Å²) in [6.45, 7) is 2.18. The largest absolute Gasteiger partial charge is 0.356 e. The van der Waals surface area contributed by atoms with E-state index < -0.39 is 0 Å². The Balaban J connectivity index is 1.62. The number of amides is 2. The Labute approximate surface area is 121 Å². The van der Waals surface area contributed by atoms with Gasteiger partial charge in [0.15, 0.2) is 0 Å². The first-order chi connectivity index (χ1) is 9.59. The first kappa shape index (κ1) is 15.3. The summed E-state index contributed by atoms with van der Waals surface area (Å²) in [6.07, 6.45) is 8.35. The second-order valence-corrected chi connectivity index (χ2v) is 6.29. The zero-order valence-electron chi connectivity index (χ0n) is 12.3.